The third kappa shape index (κ3) is 1.85. The molecule has 0 spiro atoms. The van der Waals surface area contributed by atoms with Crippen molar-refractivity contribution in [2.24, 2.45) is 0 Å². The molecular formula is C9H16FNO2. The van der Waals surface area contributed by atoms with Gasteiger partial charge in [-0.15, -0.1) is 0 Å². The third-order valence-corrected chi connectivity index (χ3v) is 3.04. The summed E-state index contributed by atoms with van der Waals surface area (Å²) in [5.41, 5.74) is -1.36. The van der Waals surface area contributed by atoms with E-state index in [4.69, 9.17) is 9.84 Å². The molecule has 0 radical (unpaired) electrons. The van der Waals surface area contributed by atoms with Crippen molar-refractivity contribution in [3.8, 4) is 0 Å². The Hall–Kier alpha value is -0.190. The molecule has 0 aromatic heterocycles. The molecule has 76 valence electrons. The lowest BCUT2D eigenvalue weighted by Gasteiger charge is -2.23. The van der Waals surface area contributed by atoms with Crippen LogP contribution in [0.25, 0.3) is 0 Å². The van der Waals surface area contributed by atoms with Gasteiger partial charge in [0, 0.05) is 25.7 Å². The number of halogens is 1. The van der Waals surface area contributed by atoms with Gasteiger partial charge in [-0.3, -0.25) is 4.90 Å². The van der Waals surface area contributed by atoms with Crippen LogP contribution in [0.15, 0.2) is 0 Å². The highest BCUT2D eigenvalue weighted by Crippen LogP contribution is 2.28. The van der Waals surface area contributed by atoms with Gasteiger partial charge in [0.05, 0.1) is 13.2 Å². The second-order valence-corrected chi connectivity index (χ2v) is 4.05. The van der Waals surface area contributed by atoms with Crippen LogP contribution in [0.5, 0.6) is 0 Å². The molecule has 0 aromatic carbocycles. The minimum atomic E-state index is -1.36. The van der Waals surface area contributed by atoms with E-state index >= 15 is 0 Å². The van der Waals surface area contributed by atoms with Crippen molar-refractivity contribution < 1.29 is 14.2 Å². The molecule has 0 bridgehead atoms. The molecule has 13 heavy (non-hydrogen) atoms. The van der Waals surface area contributed by atoms with Crippen molar-refractivity contribution >= 4 is 0 Å². The fourth-order valence-electron chi connectivity index (χ4n) is 2.12. The van der Waals surface area contributed by atoms with E-state index in [-0.39, 0.29) is 6.61 Å². The lowest BCUT2D eigenvalue weighted by atomic mass is 10.1. The zero-order chi connectivity index (χ0) is 9.31. The Labute approximate surface area is 77.5 Å². The molecule has 1 N–H and O–H groups in total. The summed E-state index contributed by atoms with van der Waals surface area (Å²) in [7, 11) is 0. The topological polar surface area (TPSA) is 32.7 Å². The lowest BCUT2D eigenvalue weighted by molar-refractivity contribution is 0.0695. The Morgan fingerprint density at radius 1 is 1.62 bits per heavy atom. The van der Waals surface area contributed by atoms with E-state index in [1.54, 1.807) is 0 Å². The van der Waals surface area contributed by atoms with Crippen molar-refractivity contribution in [1.29, 1.82) is 0 Å². The van der Waals surface area contributed by atoms with Gasteiger partial charge in [0.15, 0.2) is 0 Å². The molecule has 2 rings (SSSR count). The first-order valence-corrected chi connectivity index (χ1v) is 4.85. The highest BCUT2D eigenvalue weighted by molar-refractivity contribution is 4.93. The Morgan fingerprint density at radius 3 is 3.00 bits per heavy atom. The summed E-state index contributed by atoms with van der Waals surface area (Å²) in [6.45, 7) is 2.29. The first-order chi connectivity index (χ1) is 6.23. The van der Waals surface area contributed by atoms with E-state index in [0.29, 0.717) is 19.0 Å². The highest BCUT2D eigenvalue weighted by Gasteiger charge is 2.40. The fraction of sp³-hybridized carbons (Fsp3) is 1.00. The SMILES string of the molecule is OCC1(F)CCN(C2CCOC2)C1. The van der Waals surface area contributed by atoms with Crippen LogP contribution in [-0.2, 0) is 4.74 Å². The quantitative estimate of drug-likeness (QED) is 0.672. The first-order valence-electron chi connectivity index (χ1n) is 4.85. The minimum absolute atomic E-state index is 0.350. The van der Waals surface area contributed by atoms with Crippen LogP contribution in [0, 0.1) is 0 Å². The van der Waals surface area contributed by atoms with Gasteiger partial charge in [0.1, 0.15) is 5.67 Å². The maximum atomic E-state index is 13.6. The van der Waals surface area contributed by atoms with E-state index in [9.17, 15) is 4.39 Å². The molecule has 2 fully saturated rings. The number of aliphatic hydroxyl groups excluding tert-OH is 1. The average molecular weight is 189 g/mol. The molecule has 0 saturated carbocycles. The van der Waals surface area contributed by atoms with Crippen molar-refractivity contribution in [1.82, 2.24) is 4.90 Å². The van der Waals surface area contributed by atoms with Crippen molar-refractivity contribution in [3.05, 3.63) is 0 Å². The summed E-state index contributed by atoms with van der Waals surface area (Å²) in [6, 6.07) is 0.379. The number of nitrogens with zero attached hydrogens (tertiary/aromatic N) is 1. The smallest absolute Gasteiger partial charge is 0.147 e. The van der Waals surface area contributed by atoms with Gasteiger partial charge in [-0.05, 0) is 12.8 Å². The summed E-state index contributed by atoms with van der Waals surface area (Å²) < 4.78 is 18.9. The summed E-state index contributed by atoms with van der Waals surface area (Å²) >= 11 is 0. The van der Waals surface area contributed by atoms with Gasteiger partial charge in [-0.2, -0.15) is 0 Å². The predicted octanol–water partition coefficient (Wildman–Crippen LogP) is 0.182. The molecule has 2 aliphatic rings. The first kappa shape index (κ1) is 9.37. The predicted molar refractivity (Wildman–Crippen MR) is 46.3 cm³/mol. The van der Waals surface area contributed by atoms with Gasteiger partial charge < -0.3 is 9.84 Å². The molecule has 0 aliphatic carbocycles. The number of likely N-dealkylation sites (tertiary alicyclic amines) is 1. The average Bonchev–Trinajstić information content (AvgIpc) is 2.73. The third-order valence-electron chi connectivity index (χ3n) is 3.04. The van der Waals surface area contributed by atoms with Crippen LogP contribution < -0.4 is 0 Å². The molecule has 4 heteroatoms. The molecule has 2 aliphatic heterocycles. The van der Waals surface area contributed by atoms with Crippen LogP contribution in [0.4, 0.5) is 4.39 Å². The fourth-order valence-corrected chi connectivity index (χ4v) is 2.12. The van der Waals surface area contributed by atoms with Gasteiger partial charge in [-0.1, -0.05) is 0 Å². The zero-order valence-electron chi connectivity index (χ0n) is 7.71. The molecule has 2 heterocycles. The monoisotopic (exact) mass is 189 g/mol. The molecule has 2 atom stereocenters. The Bertz CT molecular complexity index is 184. The van der Waals surface area contributed by atoms with Crippen LogP contribution in [0.1, 0.15) is 12.8 Å². The second-order valence-electron chi connectivity index (χ2n) is 4.05. The van der Waals surface area contributed by atoms with E-state index < -0.39 is 5.67 Å². The maximum absolute atomic E-state index is 13.6. The van der Waals surface area contributed by atoms with E-state index in [1.807, 2.05) is 0 Å². The summed E-state index contributed by atoms with van der Waals surface area (Å²) in [6.07, 6.45) is 1.46. The molecule has 2 saturated heterocycles. The molecule has 0 aromatic rings. The number of rotatable bonds is 2. The number of hydrogen-bond donors (Lipinski definition) is 1. The summed E-state index contributed by atoms with van der Waals surface area (Å²) in [5, 5.41) is 8.85. The number of aliphatic hydroxyl groups is 1. The molecule has 2 unspecified atom stereocenters. The Balaban J connectivity index is 1.90. The van der Waals surface area contributed by atoms with Crippen LogP contribution in [0.3, 0.4) is 0 Å². The van der Waals surface area contributed by atoms with Crippen molar-refractivity contribution in [2.45, 2.75) is 24.6 Å². The Morgan fingerprint density at radius 2 is 2.46 bits per heavy atom. The largest absolute Gasteiger partial charge is 0.393 e. The molecular weight excluding hydrogens is 173 g/mol. The van der Waals surface area contributed by atoms with E-state index in [1.165, 1.54) is 0 Å². The van der Waals surface area contributed by atoms with E-state index in [2.05, 4.69) is 4.90 Å². The van der Waals surface area contributed by atoms with Crippen LogP contribution in [0.2, 0.25) is 0 Å². The van der Waals surface area contributed by atoms with Gasteiger partial charge in [0.2, 0.25) is 0 Å². The second kappa shape index (κ2) is 3.52. The maximum Gasteiger partial charge on any atom is 0.147 e. The zero-order valence-corrected chi connectivity index (χ0v) is 7.71. The molecule has 3 nitrogen and oxygen atoms in total. The van der Waals surface area contributed by atoms with Gasteiger partial charge in [-0.25, -0.2) is 4.39 Å². The van der Waals surface area contributed by atoms with Crippen molar-refractivity contribution in [2.75, 3.05) is 32.9 Å². The van der Waals surface area contributed by atoms with Crippen LogP contribution in [-0.4, -0.2) is 54.6 Å². The van der Waals surface area contributed by atoms with Gasteiger partial charge >= 0.3 is 0 Å². The van der Waals surface area contributed by atoms with E-state index in [0.717, 1.165) is 26.2 Å². The summed E-state index contributed by atoms with van der Waals surface area (Å²) in [5.74, 6) is 0. The highest BCUT2D eigenvalue weighted by atomic mass is 19.1. The standard InChI is InChI=1S/C9H16FNO2/c10-9(7-12)2-3-11(6-9)8-1-4-13-5-8/h8,12H,1-7H2. The van der Waals surface area contributed by atoms with Crippen molar-refractivity contribution in [3.63, 3.8) is 0 Å². The van der Waals surface area contributed by atoms with Gasteiger partial charge in [0.25, 0.3) is 0 Å². The molecule has 0 amide bonds. The Kier molecular flexibility index (Phi) is 2.53. The number of alkyl halides is 1. The summed E-state index contributed by atoms with van der Waals surface area (Å²) in [4.78, 5) is 2.10. The number of ether oxygens (including phenoxy) is 1. The number of hydrogen-bond acceptors (Lipinski definition) is 3. The lowest BCUT2D eigenvalue weighted by Crippen LogP contribution is -2.38. The van der Waals surface area contributed by atoms with Crippen LogP contribution >= 0.6 is 0 Å². The minimum Gasteiger partial charge on any atom is -0.393 e. The normalized spacial score (nSPS) is 41.5.